The van der Waals surface area contributed by atoms with Gasteiger partial charge in [-0.3, -0.25) is 0 Å². The normalized spacial score (nSPS) is 13.6. The van der Waals surface area contributed by atoms with Crippen LogP contribution in [0, 0.1) is 0 Å². The van der Waals surface area contributed by atoms with Gasteiger partial charge in [-0.25, -0.2) is 0 Å². The first kappa shape index (κ1) is 14.1. The summed E-state index contributed by atoms with van der Waals surface area (Å²) in [5.41, 5.74) is 1.76. The number of aromatic hydroxyl groups is 1. The number of ether oxygens (including phenoxy) is 2. The Morgan fingerprint density at radius 3 is 2.71 bits per heavy atom. The maximum Gasteiger partial charge on any atom is 0.163 e. The molecular weight excluding hydrogens is 334 g/mol. The van der Waals surface area contributed by atoms with Crippen LogP contribution >= 0.6 is 15.9 Å². The summed E-state index contributed by atoms with van der Waals surface area (Å²) >= 11 is 3.41. The minimum absolute atomic E-state index is 0.278. The van der Waals surface area contributed by atoms with Gasteiger partial charge in [-0.05, 0) is 30.3 Å². The average Bonchev–Trinajstić information content (AvgIpc) is 2.73. The summed E-state index contributed by atoms with van der Waals surface area (Å²) in [6.07, 6.45) is 0.892. The zero-order valence-electron chi connectivity index (χ0n) is 11.4. The second kappa shape index (κ2) is 6.26. The van der Waals surface area contributed by atoms with E-state index in [1.54, 1.807) is 6.07 Å². The first-order chi connectivity index (χ1) is 10.2. The molecule has 21 heavy (non-hydrogen) atoms. The van der Waals surface area contributed by atoms with Crippen molar-refractivity contribution >= 4 is 21.6 Å². The third-order valence-corrected chi connectivity index (χ3v) is 3.77. The molecule has 0 aliphatic carbocycles. The number of nitrogens with one attached hydrogen (secondary N) is 1. The Labute approximate surface area is 131 Å². The van der Waals surface area contributed by atoms with Crippen molar-refractivity contribution < 1.29 is 14.6 Å². The predicted molar refractivity (Wildman–Crippen MR) is 85.2 cm³/mol. The molecule has 2 aromatic rings. The van der Waals surface area contributed by atoms with Crippen LogP contribution in [0.4, 0.5) is 5.69 Å². The highest BCUT2D eigenvalue weighted by atomic mass is 79.9. The summed E-state index contributed by atoms with van der Waals surface area (Å²) in [5.74, 6) is 1.82. The molecule has 110 valence electrons. The average molecular weight is 350 g/mol. The van der Waals surface area contributed by atoms with Gasteiger partial charge in [0, 0.05) is 34.8 Å². The van der Waals surface area contributed by atoms with Gasteiger partial charge < -0.3 is 19.9 Å². The molecule has 0 saturated carbocycles. The highest BCUT2D eigenvalue weighted by Gasteiger charge is 2.10. The van der Waals surface area contributed by atoms with Gasteiger partial charge in [0.2, 0.25) is 0 Å². The maximum atomic E-state index is 9.84. The molecule has 5 heteroatoms. The Morgan fingerprint density at radius 1 is 1.05 bits per heavy atom. The molecule has 0 aromatic heterocycles. The molecule has 1 aliphatic heterocycles. The zero-order valence-corrected chi connectivity index (χ0v) is 13.0. The second-order valence-corrected chi connectivity index (χ2v) is 5.75. The van der Waals surface area contributed by atoms with Crippen molar-refractivity contribution in [3.8, 4) is 17.2 Å². The van der Waals surface area contributed by atoms with E-state index in [-0.39, 0.29) is 5.75 Å². The Kier molecular flexibility index (Phi) is 4.20. The summed E-state index contributed by atoms with van der Waals surface area (Å²) in [6.45, 7) is 1.89. The SMILES string of the molecule is Oc1ccc(Br)cc1CNc1ccc2c(c1)OCCCO2. The number of phenols is 1. The van der Waals surface area contributed by atoms with E-state index in [0.29, 0.717) is 19.8 Å². The zero-order chi connectivity index (χ0) is 14.7. The van der Waals surface area contributed by atoms with E-state index in [2.05, 4.69) is 21.2 Å². The molecule has 1 heterocycles. The number of phenolic OH excluding ortho intramolecular Hbond substituents is 1. The molecule has 0 saturated heterocycles. The molecule has 2 N–H and O–H groups in total. The summed E-state index contributed by atoms with van der Waals surface area (Å²) in [4.78, 5) is 0. The minimum atomic E-state index is 0.278. The molecule has 0 atom stereocenters. The van der Waals surface area contributed by atoms with Gasteiger partial charge in [0.15, 0.2) is 11.5 Å². The van der Waals surface area contributed by atoms with Crippen molar-refractivity contribution in [3.05, 3.63) is 46.4 Å². The van der Waals surface area contributed by atoms with Crippen LogP contribution < -0.4 is 14.8 Å². The fourth-order valence-corrected chi connectivity index (χ4v) is 2.57. The molecule has 1 aliphatic rings. The van der Waals surface area contributed by atoms with Crippen molar-refractivity contribution in [1.82, 2.24) is 0 Å². The van der Waals surface area contributed by atoms with Crippen LogP contribution in [0.1, 0.15) is 12.0 Å². The maximum absolute atomic E-state index is 9.84. The van der Waals surface area contributed by atoms with Crippen molar-refractivity contribution in [1.29, 1.82) is 0 Å². The number of anilines is 1. The van der Waals surface area contributed by atoms with Gasteiger partial charge >= 0.3 is 0 Å². The predicted octanol–water partition coefficient (Wildman–Crippen LogP) is 3.93. The van der Waals surface area contributed by atoms with Gasteiger partial charge in [-0.2, -0.15) is 0 Å². The largest absolute Gasteiger partial charge is 0.508 e. The fourth-order valence-electron chi connectivity index (χ4n) is 2.17. The molecule has 0 spiro atoms. The fraction of sp³-hybridized carbons (Fsp3) is 0.250. The molecule has 2 aromatic carbocycles. The molecule has 0 fully saturated rings. The lowest BCUT2D eigenvalue weighted by Crippen LogP contribution is -2.00. The Balaban J connectivity index is 1.73. The number of halogens is 1. The Morgan fingerprint density at radius 2 is 1.86 bits per heavy atom. The smallest absolute Gasteiger partial charge is 0.163 e. The number of hydrogen-bond acceptors (Lipinski definition) is 4. The van der Waals surface area contributed by atoms with Crippen LogP contribution in [0.3, 0.4) is 0 Å². The Hall–Kier alpha value is -1.88. The van der Waals surface area contributed by atoms with E-state index in [1.807, 2.05) is 30.3 Å². The van der Waals surface area contributed by atoms with Crippen molar-refractivity contribution in [2.75, 3.05) is 18.5 Å². The molecule has 0 bridgehead atoms. The molecular formula is C16H16BrNO3. The first-order valence-corrected chi connectivity index (χ1v) is 7.62. The number of rotatable bonds is 3. The van der Waals surface area contributed by atoms with Gasteiger partial charge in [-0.15, -0.1) is 0 Å². The van der Waals surface area contributed by atoms with E-state index < -0.39 is 0 Å². The van der Waals surface area contributed by atoms with E-state index in [9.17, 15) is 5.11 Å². The monoisotopic (exact) mass is 349 g/mol. The van der Waals surface area contributed by atoms with Gasteiger partial charge in [-0.1, -0.05) is 15.9 Å². The van der Waals surface area contributed by atoms with Crippen molar-refractivity contribution in [3.63, 3.8) is 0 Å². The highest BCUT2D eigenvalue weighted by molar-refractivity contribution is 9.10. The van der Waals surface area contributed by atoms with Crippen molar-refractivity contribution in [2.45, 2.75) is 13.0 Å². The lowest BCUT2D eigenvalue weighted by Gasteiger charge is -2.12. The van der Waals surface area contributed by atoms with Gasteiger partial charge in [0.1, 0.15) is 5.75 Å². The molecule has 3 rings (SSSR count). The number of benzene rings is 2. The van der Waals surface area contributed by atoms with Gasteiger partial charge in [0.25, 0.3) is 0 Å². The van der Waals surface area contributed by atoms with Crippen LogP contribution in [-0.4, -0.2) is 18.3 Å². The summed E-state index contributed by atoms with van der Waals surface area (Å²) < 4.78 is 12.2. The van der Waals surface area contributed by atoms with Crippen LogP contribution in [0.2, 0.25) is 0 Å². The Bertz CT molecular complexity index is 645. The number of fused-ring (bicyclic) bond motifs is 1. The minimum Gasteiger partial charge on any atom is -0.508 e. The summed E-state index contributed by atoms with van der Waals surface area (Å²) in [6, 6.07) is 11.2. The van der Waals surface area contributed by atoms with E-state index in [4.69, 9.17) is 9.47 Å². The van der Waals surface area contributed by atoms with Crippen LogP contribution in [-0.2, 0) is 6.54 Å². The molecule has 0 amide bonds. The van der Waals surface area contributed by atoms with Crippen LogP contribution in [0.25, 0.3) is 0 Å². The number of hydrogen-bond donors (Lipinski definition) is 2. The molecule has 0 unspecified atom stereocenters. The first-order valence-electron chi connectivity index (χ1n) is 6.83. The lowest BCUT2D eigenvalue weighted by molar-refractivity contribution is 0.297. The summed E-state index contributed by atoms with van der Waals surface area (Å²) in [7, 11) is 0. The third kappa shape index (κ3) is 3.42. The standard InChI is InChI=1S/C16H16BrNO3/c17-12-2-4-14(19)11(8-12)10-18-13-3-5-15-16(9-13)21-7-1-6-20-15/h2-5,8-9,18-19H,1,6-7,10H2. The molecule has 4 nitrogen and oxygen atoms in total. The van der Waals surface area contributed by atoms with E-state index >= 15 is 0 Å². The molecule has 0 radical (unpaired) electrons. The lowest BCUT2D eigenvalue weighted by atomic mass is 10.2. The van der Waals surface area contributed by atoms with E-state index in [0.717, 1.165) is 33.6 Å². The third-order valence-electron chi connectivity index (χ3n) is 3.27. The van der Waals surface area contributed by atoms with Crippen LogP contribution in [0.5, 0.6) is 17.2 Å². The summed E-state index contributed by atoms with van der Waals surface area (Å²) in [5, 5.41) is 13.1. The quantitative estimate of drug-likeness (QED) is 0.881. The van der Waals surface area contributed by atoms with Crippen molar-refractivity contribution in [2.24, 2.45) is 0 Å². The second-order valence-electron chi connectivity index (χ2n) is 4.84. The van der Waals surface area contributed by atoms with Crippen LogP contribution in [0.15, 0.2) is 40.9 Å². The van der Waals surface area contributed by atoms with E-state index in [1.165, 1.54) is 0 Å². The highest BCUT2D eigenvalue weighted by Crippen LogP contribution is 2.32. The van der Waals surface area contributed by atoms with Gasteiger partial charge in [0.05, 0.1) is 13.2 Å². The topological polar surface area (TPSA) is 50.7 Å².